The van der Waals surface area contributed by atoms with Gasteiger partial charge in [0.15, 0.2) is 0 Å². The zero-order valence-corrected chi connectivity index (χ0v) is 14.1. The van der Waals surface area contributed by atoms with Crippen molar-refractivity contribution in [1.82, 2.24) is 15.6 Å². The van der Waals surface area contributed by atoms with Crippen molar-refractivity contribution in [2.75, 3.05) is 6.54 Å². The van der Waals surface area contributed by atoms with Crippen molar-refractivity contribution in [3.63, 3.8) is 0 Å². The predicted molar refractivity (Wildman–Crippen MR) is 94.6 cm³/mol. The van der Waals surface area contributed by atoms with Gasteiger partial charge in [-0.1, -0.05) is 38.0 Å². The lowest BCUT2D eigenvalue weighted by atomic mass is 9.86. The molecule has 1 fully saturated rings. The molecule has 3 rings (SSSR count). The highest BCUT2D eigenvalue weighted by Crippen LogP contribution is 2.23. The van der Waals surface area contributed by atoms with Gasteiger partial charge in [0.2, 0.25) is 0 Å². The van der Waals surface area contributed by atoms with Gasteiger partial charge in [-0.25, -0.2) is 0 Å². The van der Waals surface area contributed by atoms with Crippen molar-refractivity contribution in [3.8, 4) is 0 Å². The summed E-state index contributed by atoms with van der Waals surface area (Å²) in [7, 11) is 0. The minimum Gasteiger partial charge on any atom is -0.361 e. The maximum atomic E-state index is 12.0. The number of para-hydroxylation sites is 1. The van der Waals surface area contributed by atoms with Crippen LogP contribution in [0.4, 0.5) is 0 Å². The summed E-state index contributed by atoms with van der Waals surface area (Å²) < 4.78 is 0. The van der Waals surface area contributed by atoms with Crippen LogP contribution in [0.25, 0.3) is 10.9 Å². The molecule has 1 saturated carbocycles. The first kappa shape index (κ1) is 16.6. The van der Waals surface area contributed by atoms with Gasteiger partial charge in [-0.05, 0) is 36.8 Å². The smallest absolute Gasteiger partial charge is 0.309 e. The zero-order valence-electron chi connectivity index (χ0n) is 14.1. The number of benzene rings is 1. The van der Waals surface area contributed by atoms with Gasteiger partial charge in [-0.15, -0.1) is 0 Å². The lowest BCUT2D eigenvalue weighted by molar-refractivity contribution is -0.139. The van der Waals surface area contributed by atoms with Gasteiger partial charge in [0.1, 0.15) is 0 Å². The standard InChI is InChI=1S/C19H25N3O2/c1-13-6-2-4-8-16(13)22-19(24)18(23)20-11-10-14-12-21-17-9-5-3-7-15(14)17/h3,5,7,9,12-13,16,21H,2,4,6,8,10-11H2,1H3,(H,20,23)(H,22,24)/t13-,16+/m1/s1. The number of fused-ring (bicyclic) bond motifs is 1. The van der Waals surface area contributed by atoms with Gasteiger partial charge in [0, 0.05) is 29.7 Å². The Morgan fingerprint density at radius 2 is 1.96 bits per heavy atom. The number of rotatable bonds is 4. The number of carbonyl (C=O) groups excluding carboxylic acids is 2. The lowest BCUT2D eigenvalue weighted by Gasteiger charge is -2.29. The van der Waals surface area contributed by atoms with E-state index in [-0.39, 0.29) is 6.04 Å². The highest BCUT2D eigenvalue weighted by atomic mass is 16.2. The highest BCUT2D eigenvalue weighted by molar-refractivity contribution is 6.35. The Bertz CT molecular complexity index is 722. The Morgan fingerprint density at radius 3 is 2.79 bits per heavy atom. The molecule has 0 radical (unpaired) electrons. The molecule has 0 saturated heterocycles. The molecule has 128 valence electrons. The molecule has 0 aliphatic heterocycles. The highest BCUT2D eigenvalue weighted by Gasteiger charge is 2.25. The molecular weight excluding hydrogens is 302 g/mol. The number of nitrogens with one attached hydrogen (secondary N) is 3. The lowest BCUT2D eigenvalue weighted by Crippen LogP contribution is -2.48. The molecule has 2 aromatic rings. The first-order chi connectivity index (χ1) is 11.6. The fraction of sp³-hybridized carbons (Fsp3) is 0.474. The summed E-state index contributed by atoms with van der Waals surface area (Å²) in [6.07, 6.45) is 7.08. The van der Waals surface area contributed by atoms with Gasteiger partial charge in [-0.3, -0.25) is 9.59 Å². The average molecular weight is 327 g/mol. The van der Waals surface area contributed by atoms with Gasteiger partial charge < -0.3 is 15.6 Å². The molecule has 3 N–H and O–H groups in total. The maximum Gasteiger partial charge on any atom is 0.309 e. The number of H-pyrrole nitrogens is 1. The molecule has 1 aromatic heterocycles. The maximum absolute atomic E-state index is 12.0. The van der Waals surface area contributed by atoms with Crippen LogP contribution in [-0.2, 0) is 16.0 Å². The monoisotopic (exact) mass is 327 g/mol. The van der Waals surface area contributed by atoms with E-state index in [1.807, 2.05) is 24.4 Å². The second-order valence-corrected chi connectivity index (χ2v) is 6.71. The zero-order chi connectivity index (χ0) is 16.9. The van der Waals surface area contributed by atoms with E-state index in [4.69, 9.17) is 0 Å². The van der Waals surface area contributed by atoms with Crippen molar-refractivity contribution >= 4 is 22.7 Å². The number of aromatic amines is 1. The van der Waals surface area contributed by atoms with Gasteiger partial charge in [0.05, 0.1) is 0 Å². The predicted octanol–water partition coefficient (Wildman–Crippen LogP) is 2.52. The van der Waals surface area contributed by atoms with E-state index in [1.165, 1.54) is 6.42 Å². The Kier molecular flexibility index (Phi) is 5.18. The number of amides is 2. The second kappa shape index (κ2) is 7.51. The normalized spacial score (nSPS) is 20.7. The molecule has 0 unspecified atom stereocenters. The minimum absolute atomic E-state index is 0.130. The van der Waals surface area contributed by atoms with E-state index < -0.39 is 11.8 Å². The van der Waals surface area contributed by atoms with Gasteiger partial charge in [0.25, 0.3) is 0 Å². The van der Waals surface area contributed by atoms with Crippen molar-refractivity contribution in [2.24, 2.45) is 5.92 Å². The van der Waals surface area contributed by atoms with Crippen LogP contribution in [0.2, 0.25) is 0 Å². The Morgan fingerprint density at radius 1 is 1.17 bits per heavy atom. The third-order valence-electron chi connectivity index (χ3n) is 4.99. The number of aromatic nitrogens is 1. The molecule has 1 aliphatic rings. The summed E-state index contributed by atoms with van der Waals surface area (Å²) in [5, 5.41) is 6.77. The summed E-state index contributed by atoms with van der Waals surface area (Å²) in [5.74, 6) is -0.595. The second-order valence-electron chi connectivity index (χ2n) is 6.71. The summed E-state index contributed by atoms with van der Waals surface area (Å²) in [5.41, 5.74) is 2.23. The molecule has 5 heteroatoms. The van der Waals surface area contributed by atoms with E-state index >= 15 is 0 Å². The van der Waals surface area contributed by atoms with E-state index in [1.54, 1.807) is 0 Å². The first-order valence-corrected chi connectivity index (χ1v) is 8.79. The van der Waals surface area contributed by atoms with E-state index in [2.05, 4.69) is 28.6 Å². The minimum atomic E-state index is -0.535. The summed E-state index contributed by atoms with van der Waals surface area (Å²) in [6, 6.07) is 8.19. The fourth-order valence-electron chi connectivity index (χ4n) is 3.49. The molecule has 2 atom stereocenters. The SMILES string of the molecule is C[C@@H]1CCCC[C@@H]1NC(=O)C(=O)NCCc1c[nH]c2ccccc12. The third kappa shape index (κ3) is 3.78. The topological polar surface area (TPSA) is 74.0 Å². The molecule has 1 aromatic carbocycles. The molecule has 0 spiro atoms. The van der Waals surface area contributed by atoms with Crippen molar-refractivity contribution in [2.45, 2.75) is 45.1 Å². The van der Waals surface area contributed by atoms with Crippen LogP contribution in [0.1, 0.15) is 38.2 Å². The number of hydrogen-bond acceptors (Lipinski definition) is 2. The quantitative estimate of drug-likeness (QED) is 0.755. The molecule has 1 heterocycles. The summed E-state index contributed by atoms with van der Waals surface area (Å²) in [6.45, 7) is 2.59. The molecular formula is C19H25N3O2. The van der Waals surface area contributed by atoms with Crippen LogP contribution in [0.15, 0.2) is 30.5 Å². The van der Waals surface area contributed by atoms with Gasteiger partial charge in [-0.2, -0.15) is 0 Å². The van der Waals surface area contributed by atoms with E-state index in [9.17, 15) is 9.59 Å². The molecule has 5 nitrogen and oxygen atoms in total. The molecule has 2 amide bonds. The van der Waals surface area contributed by atoms with Crippen LogP contribution < -0.4 is 10.6 Å². The Balaban J connectivity index is 1.47. The fourth-order valence-corrected chi connectivity index (χ4v) is 3.49. The number of carbonyl (C=O) groups is 2. The van der Waals surface area contributed by atoms with E-state index in [0.717, 1.165) is 35.7 Å². The number of hydrogen-bond donors (Lipinski definition) is 3. The molecule has 24 heavy (non-hydrogen) atoms. The molecule has 0 bridgehead atoms. The average Bonchev–Trinajstić information content (AvgIpc) is 3.00. The molecule has 1 aliphatic carbocycles. The Hall–Kier alpha value is -2.30. The largest absolute Gasteiger partial charge is 0.361 e. The van der Waals surface area contributed by atoms with Crippen LogP contribution in [0, 0.1) is 5.92 Å². The Labute approximate surface area is 142 Å². The van der Waals surface area contributed by atoms with Crippen LogP contribution in [0.3, 0.4) is 0 Å². The van der Waals surface area contributed by atoms with Crippen molar-refractivity contribution in [1.29, 1.82) is 0 Å². The van der Waals surface area contributed by atoms with Crippen LogP contribution in [-0.4, -0.2) is 29.4 Å². The summed E-state index contributed by atoms with van der Waals surface area (Å²) in [4.78, 5) is 27.2. The van der Waals surface area contributed by atoms with Crippen molar-refractivity contribution < 1.29 is 9.59 Å². The van der Waals surface area contributed by atoms with Crippen LogP contribution >= 0.6 is 0 Å². The first-order valence-electron chi connectivity index (χ1n) is 8.79. The summed E-state index contributed by atoms with van der Waals surface area (Å²) >= 11 is 0. The van der Waals surface area contributed by atoms with Crippen LogP contribution in [0.5, 0.6) is 0 Å². The third-order valence-corrected chi connectivity index (χ3v) is 4.99. The van der Waals surface area contributed by atoms with E-state index in [0.29, 0.717) is 18.9 Å². The van der Waals surface area contributed by atoms with Gasteiger partial charge >= 0.3 is 11.8 Å². The van der Waals surface area contributed by atoms with Crippen molar-refractivity contribution in [3.05, 3.63) is 36.0 Å².